The van der Waals surface area contributed by atoms with Gasteiger partial charge in [0.05, 0.1) is 0 Å². The van der Waals surface area contributed by atoms with Gasteiger partial charge in [-0.3, -0.25) is 0 Å². The lowest BCUT2D eigenvalue weighted by Crippen LogP contribution is -2.14. The molecule has 1 aromatic carbocycles. The highest BCUT2D eigenvalue weighted by molar-refractivity contribution is 5.65. The van der Waals surface area contributed by atoms with Gasteiger partial charge < -0.3 is 4.90 Å². The van der Waals surface area contributed by atoms with Crippen LogP contribution in [0.4, 0.5) is 4.39 Å². The van der Waals surface area contributed by atoms with E-state index < -0.39 is 0 Å². The zero-order chi connectivity index (χ0) is 16.3. The summed E-state index contributed by atoms with van der Waals surface area (Å²) in [6.07, 6.45) is 9.88. The maximum atomic E-state index is 12.9. The predicted octanol–water partition coefficient (Wildman–Crippen LogP) is 6.14. The summed E-state index contributed by atoms with van der Waals surface area (Å²) in [7, 11) is 0. The lowest BCUT2D eigenvalue weighted by Gasteiger charge is -2.25. The second-order valence-electron chi connectivity index (χ2n) is 3.74. The molecule has 0 atom stereocenters. The van der Waals surface area contributed by atoms with Gasteiger partial charge in [0.25, 0.3) is 0 Å². The largest absolute Gasteiger partial charge is 0.318 e. The molecule has 1 aromatic rings. The van der Waals surface area contributed by atoms with Crippen LogP contribution in [0.15, 0.2) is 67.0 Å². The third-order valence-corrected chi connectivity index (χ3v) is 2.66. The molecule has 0 unspecified atom stereocenters. The SMILES string of the molecule is C=C(c1ccc(F)cc1)N1C=CC=C/C1=C/C.CC.CC. The van der Waals surface area contributed by atoms with Crippen LogP contribution >= 0.6 is 0 Å². The standard InChI is InChI=1S/C15H14FN.2C2H6/c1-3-15-6-4-5-11-17(15)12(2)13-7-9-14(16)10-8-13;2*1-2/h3-11H,2H2,1H3;2*1-2H3/b15-3-;;. The minimum atomic E-state index is -0.234. The summed E-state index contributed by atoms with van der Waals surface area (Å²) in [4.78, 5) is 1.98. The van der Waals surface area contributed by atoms with Gasteiger partial charge in [0.1, 0.15) is 5.82 Å². The Morgan fingerprint density at radius 2 is 1.62 bits per heavy atom. The van der Waals surface area contributed by atoms with E-state index in [0.29, 0.717) is 0 Å². The molecular formula is C19H26FN. The van der Waals surface area contributed by atoms with Crippen molar-refractivity contribution in [3.05, 3.63) is 78.4 Å². The fraction of sp³-hybridized carbons (Fsp3) is 0.263. The zero-order valence-electron chi connectivity index (χ0n) is 13.7. The first-order chi connectivity index (χ1) is 10.2. The molecule has 0 saturated heterocycles. The first-order valence-corrected chi connectivity index (χ1v) is 7.47. The van der Waals surface area contributed by atoms with Crippen molar-refractivity contribution < 1.29 is 4.39 Å². The smallest absolute Gasteiger partial charge is 0.123 e. The zero-order valence-corrected chi connectivity index (χ0v) is 13.7. The van der Waals surface area contributed by atoms with E-state index in [9.17, 15) is 4.39 Å². The van der Waals surface area contributed by atoms with Crippen molar-refractivity contribution in [3.63, 3.8) is 0 Å². The third-order valence-electron chi connectivity index (χ3n) is 2.66. The number of benzene rings is 1. The first-order valence-electron chi connectivity index (χ1n) is 7.47. The number of hydrogen-bond donors (Lipinski definition) is 0. The van der Waals surface area contributed by atoms with Crippen LogP contribution in [0.5, 0.6) is 0 Å². The van der Waals surface area contributed by atoms with Gasteiger partial charge in [-0.1, -0.05) is 46.4 Å². The summed E-state index contributed by atoms with van der Waals surface area (Å²) in [6.45, 7) is 14.0. The number of nitrogens with zero attached hydrogens (tertiary/aromatic N) is 1. The maximum absolute atomic E-state index is 12.9. The van der Waals surface area contributed by atoms with Crippen LogP contribution in [0, 0.1) is 5.82 Å². The summed E-state index contributed by atoms with van der Waals surface area (Å²) < 4.78 is 12.9. The number of hydrogen-bond acceptors (Lipinski definition) is 1. The highest BCUT2D eigenvalue weighted by atomic mass is 19.1. The first kappa shape index (κ1) is 18.9. The second-order valence-corrected chi connectivity index (χ2v) is 3.74. The van der Waals surface area contributed by atoms with E-state index in [-0.39, 0.29) is 5.82 Å². The molecular weight excluding hydrogens is 261 g/mol. The fourth-order valence-corrected chi connectivity index (χ4v) is 1.72. The molecule has 0 N–H and O–H groups in total. The Kier molecular flexibility index (Phi) is 9.61. The lowest BCUT2D eigenvalue weighted by atomic mass is 10.1. The summed E-state index contributed by atoms with van der Waals surface area (Å²) >= 11 is 0. The van der Waals surface area contributed by atoms with E-state index >= 15 is 0 Å². The molecule has 0 aromatic heterocycles. The Hall–Kier alpha value is -2.09. The maximum Gasteiger partial charge on any atom is 0.123 e. The number of halogens is 1. The monoisotopic (exact) mass is 287 g/mol. The Balaban J connectivity index is 0.000000921. The Morgan fingerprint density at radius 1 is 1.05 bits per heavy atom. The van der Waals surface area contributed by atoms with Crippen LogP contribution in [0.25, 0.3) is 5.70 Å². The molecule has 0 aliphatic carbocycles. The van der Waals surface area contributed by atoms with E-state index in [1.807, 2.05) is 70.0 Å². The summed E-state index contributed by atoms with van der Waals surface area (Å²) in [5.41, 5.74) is 2.80. The summed E-state index contributed by atoms with van der Waals surface area (Å²) in [5.74, 6) is -0.234. The van der Waals surface area contributed by atoms with Crippen LogP contribution in [0.2, 0.25) is 0 Å². The van der Waals surface area contributed by atoms with E-state index in [1.165, 1.54) is 12.1 Å². The van der Waals surface area contributed by atoms with Gasteiger partial charge in [-0.25, -0.2) is 4.39 Å². The van der Waals surface area contributed by atoms with E-state index in [1.54, 1.807) is 12.1 Å². The molecule has 1 nitrogen and oxygen atoms in total. The number of rotatable bonds is 2. The van der Waals surface area contributed by atoms with Crippen LogP contribution < -0.4 is 0 Å². The van der Waals surface area contributed by atoms with Crippen molar-refractivity contribution in [2.24, 2.45) is 0 Å². The van der Waals surface area contributed by atoms with Crippen molar-refractivity contribution >= 4 is 5.70 Å². The van der Waals surface area contributed by atoms with Gasteiger partial charge >= 0.3 is 0 Å². The Bertz CT molecular complexity index is 507. The summed E-state index contributed by atoms with van der Waals surface area (Å²) in [6, 6.07) is 6.35. The molecule has 0 radical (unpaired) electrons. The second kappa shape index (κ2) is 10.7. The molecule has 1 heterocycles. The quantitative estimate of drug-likeness (QED) is 0.631. The predicted molar refractivity (Wildman–Crippen MR) is 92.0 cm³/mol. The van der Waals surface area contributed by atoms with Crippen molar-refractivity contribution in [2.75, 3.05) is 0 Å². The molecule has 0 amide bonds. The minimum absolute atomic E-state index is 0.234. The fourth-order valence-electron chi connectivity index (χ4n) is 1.72. The molecule has 0 bridgehead atoms. The van der Waals surface area contributed by atoms with E-state index in [2.05, 4.69) is 6.58 Å². The van der Waals surface area contributed by atoms with Crippen LogP contribution in [-0.4, -0.2) is 4.90 Å². The third kappa shape index (κ3) is 5.42. The van der Waals surface area contributed by atoms with Crippen LogP contribution in [0.3, 0.4) is 0 Å². The van der Waals surface area contributed by atoms with Gasteiger partial charge in [-0.2, -0.15) is 0 Å². The highest BCUT2D eigenvalue weighted by Gasteiger charge is 2.11. The van der Waals surface area contributed by atoms with E-state index in [4.69, 9.17) is 0 Å². The van der Waals surface area contributed by atoms with Crippen molar-refractivity contribution in [2.45, 2.75) is 34.6 Å². The molecule has 21 heavy (non-hydrogen) atoms. The van der Waals surface area contributed by atoms with Gasteiger partial charge in [-0.15, -0.1) is 0 Å². The van der Waals surface area contributed by atoms with Crippen molar-refractivity contribution in [1.29, 1.82) is 0 Å². The van der Waals surface area contributed by atoms with E-state index in [0.717, 1.165) is 17.0 Å². The summed E-state index contributed by atoms with van der Waals surface area (Å²) in [5, 5.41) is 0. The minimum Gasteiger partial charge on any atom is -0.318 e. The molecule has 1 aliphatic heterocycles. The van der Waals surface area contributed by atoms with Crippen molar-refractivity contribution in [1.82, 2.24) is 4.90 Å². The molecule has 0 fully saturated rings. The molecule has 2 rings (SSSR count). The topological polar surface area (TPSA) is 3.24 Å². The van der Waals surface area contributed by atoms with Gasteiger partial charge in [0.2, 0.25) is 0 Å². The van der Waals surface area contributed by atoms with Gasteiger partial charge in [-0.05, 0) is 48.9 Å². The molecule has 0 spiro atoms. The lowest BCUT2D eigenvalue weighted by molar-refractivity contribution is 0.626. The molecule has 2 heteroatoms. The molecule has 114 valence electrons. The molecule has 0 saturated carbocycles. The van der Waals surface area contributed by atoms with Gasteiger partial charge in [0, 0.05) is 17.6 Å². The van der Waals surface area contributed by atoms with Crippen LogP contribution in [-0.2, 0) is 0 Å². The molecule has 1 aliphatic rings. The highest BCUT2D eigenvalue weighted by Crippen LogP contribution is 2.25. The van der Waals surface area contributed by atoms with Gasteiger partial charge in [0.15, 0.2) is 0 Å². The van der Waals surface area contributed by atoms with Crippen LogP contribution in [0.1, 0.15) is 40.2 Å². The Morgan fingerprint density at radius 3 is 2.14 bits per heavy atom. The average molecular weight is 287 g/mol. The van der Waals surface area contributed by atoms with Crippen molar-refractivity contribution in [3.8, 4) is 0 Å². The Labute approximate surface area is 128 Å². The average Bonchev–Trinajstić information content (AvgIpc) is 2.58. The number of allylic oxidation sites excluding steroid dienone is 4. The normalized spacial score (nSPS) is 14.0.